The van der Waals surface area contributed by atoms with Gasteiger partial charge in [0.05, 0.1) is 25.7 Å². The van der Waals surface area contributed by atoms with Crippen LogP contribution in [0, 0.1) is 0 Å². The number of nitrogens with one attached hydrogen (secondary N) is 1. The van der Waals surface area contributed by atoms with Gasteiger partial charge in [-0.05, 0) is 6.07 Å². The van der Waals surface area contributed by atoms with E-state index in [4.69, 9.17) is 20.3 Å². The Hall–Kier alpha value is -2.33. The van der Waals surface area contributed by atoms with E-state index in [1.54, 1.807) is 0 Å². The number of rotatable bonds is 7. The molecule has 1 aromatic carbocycles. The molecule has 21 heavy (non-hydrogen) atoms. The molecule has 0 heterocycles. The molecule has 0 unspecified atom stereocenters. The fourth-order valence-electron chi connectivity index (χ4n) is 1.50. The van der Waals surface area contributed by atoms with E-state index >= 15 is 0 Å². The number of aromatic carboxylic acids is 1. The van der Waals surface area contributed by atoms with Crippen LogP contribution in [0.25, 0.3) is 0 Å². The lowest BCUT2D eigenvalue weighted by atomic mass is 10.2. The molecule has 0 spiro atoms. The summed E-state index contributed by atoms with van der Waals surface area (Å²) in [5.74, 6) is -2.45. The molecule has 0 aliphatic heterocycles. The average molecular weight is 318 g/mol. The van der Waals surface area contributed by atoms with E-state index < -0.39 is 34.0 Å². The molecule has 0 radical (unpaired) electrons. The van der Waals surface area contributed by atoms with Crippen molar-refractivity contribution in [3.05, 3.63) is 17.7 Å². The second-order valence-electron chi connectivity index (χ2n) is 3.80. The van der Waals surface area contributed by atoms with E-state index in [1.165, 1.54) is 14.2 Å². The topological polar surface area (TPSA) is 145 Å². The molecule has 9 nitrogen and oxygen atoms in total. The fraction of sp³-hybridized carbons (Fsp3) is 0.273. The second kappa shape index (κ2) is 6.41. The molecule has 0 atom stereocenters. The molecule has 0 saturated carbocycles. The van der Waals surface area contributed by atoms with Gasteiger partial charge >= 0.3 is 5.97 Å². The first kappa shape index (κ1) is 16.7. The summed E-state index contributed by atoms with van der Waals surface area (Å²) >= 11 is 0. The summed E-state index contributed by atoms with van der Waals surface area (Å²) in [6.45, 7) is -0.612. The largest absolute Gasteiger partial charge is 0.493 e. The summed E-state index contributed by atoms with van der Waals surface area (Å²) in [6.07, 6.45) is 0. The third-order valence-electron chi connectivity index (χ3n) is 2.43. The zero-order valence-electron chi connectivity index (χ0n) is 11.2. The average Bonchev–Trinajstić information content (AvgIpc) is 2.43. The summed E-state index contributed by atoms with van der Waals surface area (Å²) in [5, 5.41) is 9.10. The Labute approximate surface area is 120 Å². The monoisotopic (exact) mass is 318 g/mol. The van der Waals surface area contributed by atoms with Crippen molar-refractivity contribution in [1.29, 1.82) is 0 Å². The highest BCUT2D eigenvalue weighted by Gasteiger charge is 2.23. The SMILES string of the molecule is COc1cc(S(=O)(=O)NCC(N)=O)cc(C(=O)O)c1OC. The maximum absolute atomic E-state index is 12.0. The Bertz CT molecular complexity index is 669. The molecule has 1 amide bonds. The summed E-state index contributed by atoms with van der Waals surface area (Å²) in [5.41, 5.74) is 4.46. The molecule has 0 bridgehead atoms. The van der Waals surface area contributed by atoms with Crippen molar-refractivity contribution >= 4 is 21.9 Å². The molecular formula is C11H14N2O7S. The van der Waals surface area contributed by atoms with Crippen molar-refractivity contribution in [1.82, 2.24) is 4.72 Å². The summed E-state index contributed by atoms with van der Waals surface area (Å²) in [7, 11) is -1.66. The molecule has 116 valence electrons. The quantitative estimate of drug-likeness (QED) is 0.594. The van der Waals surface area contributed by atoms with Crippen LogP contribution in [0.15, 0.2) is 17.0 Å². The van der Waals surface area contributed by atoms with E-state index in [0.29, 0.717) is 0 Å². The highest BCUT2D eigenvalue weighted by molar-refractivity contribution is 7.89. The maximum Gasteiger partial charge on any atom is 0.339 e. The number of ether oxygens (including phenoxy) is 2. The standard InChI is InChI=1S/C11H14N2O7S/c1-19-8-4-6(21(17,18)13-5-9(12)14)3-7(11(15)16)10(8)20-2/h3-4,13H,5H2,1-2H3,(H2,12,14)(H,15,16). The van der Waals surface area contributed by atoms with E-state index in [0.717, 1.165) is 12.1 Å². The van der Waals surface area contributed by atoms with Crippen molar-refractivity contribution in [3.8, 4) is 11.5 Å². The molecule has 0 aliphatic rings. The van der Waals surface area contributed by atoms with Crippen LogP contribution in [0.5, 0.6) is 11.5 Å². The van der Waals surface area contributed by atoms with Crippen molar-refractivity contribution in [2.24, 2.45) is 5.73 Å². The molecule has 4 N–H and O–H groups in total. The number of sulfonamides is 1. The first-order valence-electron chi connectivity index (χ1n) is 5.50. The van der Waals surface area contributed by atoms with Gasteiger partial charge in [0.25, 0.3) is 0 Å². The number of carbonyl (C=O) groups is 2. The number of methoxy groups -OCH3 is 2. The number of nitrogens with two attached hydrogens (primary N) is 1. The van der Waals surface area contributed by atoms with Gasteiger partial charge in [-0.2, -0.15) is 0 Å². The molecule has 1 rings (SSSR count). The number of primary amides is 1. The smallest absolute Gasteiger partial charge is 0.339 e. The van der Waals surface area contributed by atoms with Crippen LogP contribution >= 0.6 is 0 Å². The van der Waals surface area contributed by atoms with Crippen LogP contribution in [-0.2, 0) is 14.8 Å². The van der Waals surface area contributed by atoms with Gasteiger partial charge in [-0.25, -0.2) is 17.9 Å². The number of carboxylic acid groups (broad SMARTS) is 1. The van der Waals surface area contributed by atoms with Gasteiger partial charge in [-0.3, -0.25) is 4.79 Å². The van der Waals surface area contributed by atoms with Gasteiger partial charge < -0.3 is 20.3 Å². The van der Waals surface area contributed by atoms with Crippen molar-refractivity contribution in [2.45, 2.75) is 4.90 Å². The lowest BCUT2D eigenvalue weighted by Gasteiger charge is -2.13. The Morgan fingerprint density at radius 2 is 1.90 bits per heavy atom. The zero-order valence-corrected chi connectivity index (χ0v) is 12.1. The number of carboxylic acids is 1. The minimum absolute atomic E-state index is 0.0724. The third kappa shape index (κ3) is 3.83. The van der Waals surface area contributed by atoms with Gasteiger partial charge in [0.15, 0.2) is 11.5 Å². The third-order valence-corrected chi connectivity index (χ3v) is 3.81. The predicted molar refractivity (Wildman–Crippen MR) is 70.9 cm³/mol. The highest BCUT2D eigenvalue weighted by Crippen LogP contribution is 2.34. The minimum atomic E-state index is -4.12. The molecular weight excluding hydrogens is 304 g/mol. The van der Waals surface area contributed by atoms with Crippen LogP contribution in [0.2, 0.25) is 0 Å². The van der Waals surface area contributed by atoms with E-state index in [9.17, 15) is 18.0 Å². The lowest BCUT2D eigenvalue weighted by molar-refractivity contribution is -0.116. The lowest BCUT2D eigenvalue weighted by Crippen LogP contribution is -2.33. The van der Waals surface area contributed by atoms with Gasteiger partial charge in [-0.15, -0.1) is 0 Å². The number of hydrogen-bond acceptors (Lipinski definition) is 6. The summed E-state index contributed by atoms with van der Waals surface area (Å²) in [4.78, 5) is 21.4. The van der Waals surface area contributed by atoms with Gasteiger partial charge in [0.2, 0.25) is 15.9 Å². The maximum atomic E-state index is 12.0. The Morgan fingerprint density at radius 3 is 2.33 bits per heavy atom. The summed E-state index contributed by atoms with van der Waals surface area (Å²) < 4.78 is 35.7. The van der Waals surface area contributed by atoms with Gasteiger partial charge in [0, 0.05) is 6.07 Å². The fourth-order valence-corrected chi connectivity index (χ4v) is 2.54. The Kier molecular flexibility index (Phi) is 5.11. The second-order valence-corrected chi connectivity index (χ2v) is 5.57. The molecule has 0 aliphatic carbocycles. The molecule has 0 aromatic heterocycles. The molecule has 0 fully saturated rings. The van der Waals surface area contributed by atoms with Gasteiger partial charge in [0.1, 0.15) is 5.56 Å². The van der Waals surface area contributed by atoms with Crippen LogP contribution < -0.4 is 19.9 Å². The Morgan fingerprint density at radius 1 is 1.29 bits per heavy atom. The van der Waals surface area contributed by atoms with E-state index in [1.807, 2.05) is 4.72 Å². The van der Waals surface area contributed by atoms with E-state index in [-0.39, 0.29) is 16.4 Å². The number of hydrogen-bond donors (Lipinski definition) is 3. The highest BCUT2D eigenvalue weighted by atomic mass is 32.2. The van der Waals surface area contributed by atoms with Gasteiger partial charge in [-0.1, -0.05) is 0 Å². The zero-order chi connectivity index (χ0) is 16.2. The molecule has 1 aromatic rings. The summed E-state index contributed by atoms with van der Waals surface area (Å²) in [6, 6.07) is 1.97. The van der Waals surface area contributed by atoms with Crippen molar-refractivity contribution < 1.29 is 32.6 Å². The molecule has 0 saturated heterocycles. The van der Waals surface area contributed by atoms with Crippen LogP contribution in [0.4, 0.5) is 0 Å². The Balaban J connectivity index is 3.41. The van der Waals surface area contributed by atoms with Crippen LogP contribution in [-0.4, -0.2) is 46.2 Å². The van der Waals surface area contributed by atoms with Crippen LogP contribution in [0.1, 0.15) is 10.4 Å². The normalized spacial score (nSPS) is 11.0. The van der Waals surface area contributed by atoms with Crippen molar-refractivity contribution in [3.63, 3.8) is 0 Å². The van der Waals surface area contributed by atoms with E-state index in [2.05, 4.69) is 0 Å². The molecule has 10 heteroatoms. The number of carbonyl (C=O) groups excluding carboxylic acids is 1. The number of benzene rings is 1. The number of amides is 1. The first-order chi connectivity index (χ1) is 9.72. The van der Waals surface area contributed by atoms with Crippen molar-refractivity contribution in [2.75, 3.05) is 20.8 Å². The first-order valence-corrected chi connectivity index (χ1v) is 6.98. The van der Waals surface area contributed by atoms with Crippen LogP contribution in [0.3, 0.4) is 0 Å². The predicted octanol–water partition coefficient (Wildman–Crippen LogP) is -0.834. The minimum Gasteiger partial charge on any atom is -0.493 e.